The maximum atomic E-state index is 6.13. The number of nitrogens with two attached hydrogens (primary N) is 1. The highest BCUT2D eigenvalue weighted by Gasteiger charge is 2.24. The Balaban J connectivity index is 2.53. The topological polar surface area (TPSA) is 44.5 Å². The second kappa shape index (κ2) is 4.34. The lowest BCUT2D eigenvalue weighted by molar-refractivity contribution is 0.352. The molecule has 2 N–H and O–H groups in total. The van der Waals surface area contributed by atoms with Gasteiger partial charge in [-0.2, -0.15) is 0 Å². The smallest absolute Gasteiger partial charge is 0.161 e. The summed E-state index contributed by atoms with van der Waals surface area (Å²) >= 11 is 0. The van der Waals surface area contributed by atoms with E-state index in [0.717, 1.165) is 24.3 Å². The van der Waals surface area contributed by atoms with Gasteiger partial charge in [0.15, 0.2) is 11.5 Å². The molecule has 2 rings (SSSR count). The van der Waals surface area contributed by atoms with E-state index in [0.29, 0.717) is 5.92 Å². The van der Waals surface area contributed by atoms with Crippen molar-refractivity contribution in [1.82, 2.24) is 0 Å². The quantitative estimate of drug-likeness (QED) is 0.834. The molecule has 1 aromatic rings. The van der Waals surface area contributed by atoms with Gasteiger partial charge < -0.3 is 15.2 Å². The Morgan fingerprint density at radius 2 is 1.62 bits per heavy atom. The minimum Gasteiger partial charge on any atom is -0.493 e. The molecule has 0 heterocycles. The molecule has 0 aliphatic heterocycles. The number of methoxy groups -OCH3 is 2. The molecule has 0 saturated heterocycles. The first-order chi connectivity index (χ1) is 7.67. The summed E-state index contributed by atoms with van der Waals surface area (Å²) in [6.45, 7) is 2.23. The van der Waals surface area contributed by atoms with Gasteiger partial charge in [0, 0.05) is 6.04 Å². The Bertz CT molecular complexity index is 353. The number of ether oxygens (including phenoxy) is 2. The van der Waals surface area contributed by atoms with Crippen LogP contribution in [-0.4, -0.2) is 14.2 Å². The monoisotopic (exact) mass is 221 g/mol. The lowest BCUT2D eigenvalue weighted by Gasteiger charge is -2.28. The molecule has 0 radical (unpaired) electrons. The van der Waals surface area contributed by atoms with Gasteiger partial charge >= 0.3 is 0 Å². The van der Waals surface area contributed by atoms with Gasteiger partial charge in [0.05, 0.1) is 14.2 Å². The molecule has 88 valence electrons. The van der Waals surface area contributed by atoms with Gasteiger partial charge in [0.25, 0.3) is 0 Å². The molecule has 2 atom stereocenters. The van der Waals surface area contributed by atoms with Crippen LogP contribution in [0.1, 0.15) is 42.9 Å². The molecule has 1 aromatic carbocycles. The summed E-state index contributed by atoms with van der Waals surface area (Å²) < 4.78 is 10.6. The Kier molecular flexibility index (Phi) is 3.06. The number of rotatable bonds is 2. The van der Waals surface area contributed by atoms with Crippen molar-refractivity contribution >= 4 is 0 Å². The number of benzene rings is 1. The highest BCUT2D eigenvalue weighted by atomic mass is 16.5. The minimum absolute atomic E-state index is 0.131. The summed E-state index contributed by atoms with van der Waals surface area (Å²) in [5.41, 5.74) is 8.63. The van der Waals surface area contributed by atoms with Gasteiger partial charge in [-0.25, -0.2) is 0 Å². The predicted molar refractivity (Wildman–Crippen MR) is 64.1 cm³/mol. The molecular formula is C13H19NO2. The van der Waals surface area contributed by atoms with E-state index < -0.39 is 0 Å². The van der Waals surface area contributed by atoms with Gasteiger partial charge in [-0.1, -0.05) is 6.92 Å². The van der Waals surface area contributed by atoms with Crippen LogP contribution in [0.3, 0.4) is 0 Å². The van der Waals surface area contributed by atoms with E-state index in [1.165, 1.54) is 11.1 Å². The lowest BCUT2D eigenvalue weighted by Crippen LogP contribution is -2.19. The minimum atomic E-state index is 0.131. The van der Waals surface area contributed by atoms with Gasteiger partial charge in [0.2, 0.25) is 0 Å². The van der Waals surface area contributed by atoms with Crippen LogP contribution in [0, 0.1) is 0 Å². The molecule has 3 nitrogen and oxygen atoms in total. The Hall–Kier alpha value is -1.22. The van der Waals surface area contributed by atoms with Crippen LogP contribution in [0.5, 0.6) is 11.5 Å². The normalized spacial score (nSPS) is 23.8. The molecule has 3 heteroatoms. The van der Waals surface area contributed by atoms with Crippen LogP contribution in [-0.2, 0) is 0 Å². The lowest BCUT2D eigenvalue weighted by atomic mass is 9.81. The van der Waals surface area contributed by atoms with Crippen molar-refractivity contribution < 1.29 is 9.47 Å². The third-order valence-corrected chi connectivity index (χ3v) is 3.43. The van der Waals surface area contributed by atoms with Crippen LogP contribution < -0.4 is 15.2 Å². The highest BCUT2D eigenvalue weighted by Crippen LogP contribution is 2.41. The Morgan fingerprint density at radius 1 is 1.06 bits per heavy atom. The largest absolute Gasteiger partial charge is 0.493 e. The van der Waals surface area contributed by atoms with Crippen LogP contribution >= 0.6 is 0 Å². The van der Waals surface area contributed by atoms with E-state index in [1.807, 2.05) is 6.07 Å². The highest BCUT2D eigenvalue weighted by molar-refractivity contribution is 5.50. The molecule has 0 aromatic heterocycles. The summed E-state index contributed by atoms with van der Waals surface area (Å²) in [5, 5.41) is 0. The zero-order chi connectivity index (χ0) is 11.7. The number of hydrogen-bond acceptors (Lipinski definition) is 3. The number of fused-ring (bicyclic) bond motifs is 1. The summed E-state index contributed by atoms with van der Waals surface area (Å²) in [5.74, 6) is 2.11. The van der Waals surface area contributed by atoms with E-state index in [-0.39, 0.29) is 6.04 Å². The van der Waals surface area contributed by atoms with Crippen molar-refractivity contribution in [2.75, 3.05) is 14.2 Å². The third kappa shape index (κ3) is 1.76. The van der Waals surface area contributed by atoms with E-state index in [9.17, 15) is 0 Å². The molecule has 0 amide bonds. The van der Waals surface area contributed by atoms with Gasteiger partial charge in [0.1, 0.15) is 0 Å². The van der Waals surface area contributed by atoms with E-state index in [2.05, 4.69) is 13.0 Å². The number of hydrogen-bond donors (Lipinski definition) is 1. The molecule has 1 aliphatic carbocycles. The van der Waals surface area contributed by atoms with Gasteiger partial charge in [-0.3, -0.25) is 0 Å². The molecule has 0 spiro atoms. The first-order valence-electron chi connectivity index (χ1n) is 5.68. The van der Waals surface area contributed by atoms with Gasteiger partial charge in [-0.05, 0) is 42.0 Å². The second-order valence-corrected chi connectivity index (χ2v) is 4.42. The summed E-state index contributed by atoms with van der Waals surface area (Å²) in [7, 11) is 3.32. The summed E-state index contributed by atoms with van der Waals surface area (Å²) in [4.78, 5) is 0. The molecule has 2 unspecified atom stereocenters. The van der Waals surface area contributed by atoms with E-state index >= 15 is 0 Å². The van der Waals surface area contributed by atoms with Crippen molar-refractivity contribution in [3.8, 4) is 11.5 Å². The third-order valence-electron chi connectivity index (χ3n) is 3.43. The van der Waals surface area contributed by atoms with Crippen LogP contribution in [0.4, 0.5) is 0 Å². The Morgan fingerprint density at radius 3 is 2.19 bits per heavy atom. The van der Waals surface area contributed by atoms with Crippen molar-refractivity contribution in [3.05, 3.63) is 23.3 Å². The maximum Gasteiger partial charge on any atom is 0.161 e. The second-order valence-electron chi connectivity index (χ2n) is 4.42. The maximum absolute atomic E-state index is 6.13. The molecule has 16 heavy (non-hydrogen) atoms. The zero-order valence-corrected chi connectivity index (χ0v) is 10.1. The summed E-state index contributed by atoms with van der Waals surface area (Å²) in [6, 6.07) is 4.22. The summed E-state index contributed by atoms with van der Waals surface area (Å²) in [6.07, 6.45) is 2.19. The van der Waals surface area contributed by atoms with Crippen LogP contribution in [0.15, 0.2) is 12.1 Å². The molecule has 0 bridgehead atoms. The first kappa shape index (κ1) is 11.3. The van der Waals surface area contributed by atoms with Crippen LogP contribution in [0.25, 0.3) is 0 Å². The van der Waals surface area contributed by atoms with E-state index in [4.69, 9.17) is 15.2 Å². The molecule has 0 fully saturated rings. The molecule has 1 aliphatic rings. The fourth-order valence-corrected chi connectivity index (χ4v) is 2.40. The van der Waals surface area contributed by atoms with Crippen molar-refractivity contribution in [2.45, 2.75) is 31.7 Å². The Labute approximate surface area is 96.5 Å². The molecular weight excluding hydrogens is 202 g/mol. The van der Waals surface area contributed by atoms with Gasteiger partial charge in [-0.15, -0.1) is 0 Å². The predicted octanol–water partition coefficient (Wildman–Crippen LogP) is 2.60. The van der Waals surface area contributed by atoms with Crippen molar-refractivity contribution in [3.63, 3.8) is 0 Å². The SMILES string of the molecule is COc1cc2c(cc1OC)C(N)CCC2C. The average molecular weight is 221 g/mol. The first-order valence-corrected chi connectivity index (χ1v) is 5.68. The average Bonchev–Trinajstić information content (AvgIpc) is 2.32. The van der Waals surface area contributed by atoms with Crippen LogP contribution in [0.2, 0.25) is 0 Å². The van der Waals surface area contributed by atoms with Crippen molar-refractivity contribution in [1.29, 1.82) is 0 Å². The van der Waals surface area contributed by atoms with Crippen molar-refractivity contribution in [2.24, 2.45) is 5.73 Å². The van der Waals surface area contributed by atoms with E-state index in [1.54, 1.807) is 14.2 Å². The fraction of sp³-hybridized carbons (Fsp3) is 0.538. The standard InChI is InChI=1S/C13H19NO2/c1-8-4-5-11(14)10-7-13(16-3)12(15-2)6-9(8)10/h6-8,11H,4-5,14H2,1-3H3. The fourth-order valence-electron chi connectivity index (χ4n) is 2.40. The molecule has 0 saturated carbocycles. The zero-order valence-electron chi connectivity index (χ0n) is 10.1.